The Morgan fingerprint density at radius 3 is 2.43 bits per heavy atom. The Bertz CT molecular complexity index is 1190. The van der Waals surface area contributed by atoms with Crippen molar-refractivity contribution in [1.29, 1.82) is 5.26 Å². The van der Waals surface area contributed by atoms with E-state index < -0.39 is 41.1 Å². The number of benzene rings is 2. The van der Waals surface area contributed by atoms with E-state index in [1.54, 1.807) is 43.3 Å². The topological polar surface area (TPSA) is 105 Å². The number of nitriles is 1. The monoisotopic (exact) mass is 547 g/mol. The van der Waals surface area contributed by atoms with Gasteiger partial charge in [-0.15, -0.1) is 0 Å². The minimum absolute atomic E-state index is 0.0465. The molecular formula is C28H32Cl2FN3O3. The molecule has 3 rings (SSSR count). The molecule has 1 fully saturated rings. The highest BCUT2D eigenvalue weighted by atomic mass is 35.5. The van der Waals surface area contributed by atoms with Gasteiger partial charge < -0.3 is 10.5 Å². The molecule has 2 aromatic rings. The van der Waals surface area contributed by atoms with Gasteiger partial charge in [0.1, 0.15) is 17.3 Å². The normalized spacial score (nSPS) is 24.3. The molecule has 0 unspecified atom stereocenters. The fraction of sp³-hybridized carbons (Fsp3) is 0.464. The second kappa shape index (κ2) is 11.4. The van der Waals surface area contributed by atoms with E-state index in [9.17, 15) is 14.9 Å². The van der Waals surface area contributed by atoms with Crippen molar-refractivity contribution in [2.45, 2.75) is 64.0 Å². The number of ether oxygens (including phenoxy) is 1. The van der Waals surface area contributed by atoms with E-state index in [0.717, 1.165) is 0 Å². The molecule has 1 heterocycles. The zero-order valence-electron chi connectivity index (χ0n) is 21.4. The van der Waals surface area contributed by atoms with Crippen molar-refractivity contribution < 1.29 is 18.7 Å². The van der Waals surface area contributed by atoms with Gasteiger partial charge >= 0.3 is 5.97 Å². The van der Waals surface area contributed by atoms with E-state index in [2.05, 4.69) is 11.4 Å². The number of carbonyl (C=O) groups is 2. The summed E-state index contributed by atoms with van der Waals surface area (Å²) in [5, 5.41) is 14.5. The van der Waals surface area contributed by atoms with Crippen LogP contribution in [0, 0.1) is 28.5 Å². The molecular weight excluding hydrogens is 516 g/mol. The Kier molecular flexibility index (Phi) is 8.89. The van der Waals surface area contributed by atoms with Crippen molar-refractivity contribution in [2.24, 2.45) is 17.1 Å². The zero-order valence-corrected chi connectivity index (χ0v) is 22.9. The van der Waals surface area contributed by atoms with E-state index in [0.29, 0.717) is 17.0 Å². The predicted octanol–water partition coefficient (Wildman–Crippen LogP) is 5.51. The van der Waals surface area contributed by atoms with Gasteiger partial charge in [-0.05, 0) is 47.1 Å². The fourth-order valence-corrected chi connectivity index (χ4v) is 5.49. The number of rotatable bonds is 8. The summed E-state index contributed by atoms with van der Waals surface area (Å²) in [5.74, 6) is -3.11. The highest BCUT2D eigenvalue weighted by Crippen LogP contribution is 2.52. The lowest BCUT2D eigenvalue weighted by atomic mass is 9.63. The third kappa shape index (κ3) is 6.26. The first-order chi connectivity index (χ1) is 17.3. The van der Waals surface area contributed by atoms with E-state index in [-0.39, 0.29) is 34.9 Å². The maximum atomic E-state index is 15.6. The van der Waals surface area contributed by atoms with Crippen LogP contribution in [0.25, 0.3) is 0 Å². The number of hydrogen-bond acceptors (Lipinski definition) is 5. The molecule has 2 aromatic carbocycles. The van der Waals surface area contributed by atoms with E-state index in [1.807, 2.05) is 20.8 Å². The maximum Gasteiger partial charge on any atom is 0.323 e. The van der Waals surface area contributed by atoms with Crippen molar-refractivity contribution in [3.8, 4) is 6.07 Å². The first-order valence-electron chi connectivity index (χ1n) is 12.1. The van der Waals surface area contributed by atoms with Gasteiger partial charge in [0.05, 0.1) is 17.7 Å². The van der Waals surface area contributed by atoms with Crippen LogP contribution < -0.4 is 11.1 Å². The van der Waals surface area contributed by atoms with Gasteiger partial charge in [0, 0.05) is 23.4 Å². The van der Waals surface area contributed by atoms with Crippen LogP contribution in [0.3, 0.4) is 0 Å². The van der Waals surface area contributed by atoms with Gasteiger partial charge in [0.25, 0.3) is 0 Å². The van der Waals surface area contributed by atoms with Crippen LogP contribution in [0.15, 0.2) is 42.5 Å². The largest absolute Gasteiger partial charge is 0.464 e. The van der Waals surface area contributed by atoms with Crippen LogP contribution in [-0.2, 0) is 19.7 Å². The van der Waals surface area contributed by atoms with Crippen LogP contribution >= 0.6 is 23.2 Å². The van der Waals surface area contributed by atoms with Gasteiger partial charge in [-0.3, -0.25) is 14.9 Å². The maximum absolute atomic E-state index is 15.6. The molecule has 37 heavy (non-hydrogen) atoms. The number of carbonyl (C=O) groups excluding carboxylic acids is 2. The number of primary amides is 1. The average molecular weight is 548 g/mol. The smallest absolute Gasteiger partial charge is 0.323 e. The molecule has 0 aliphatic carbocycles. The summed E-state index contributed by atoms with van der Waals surface area (Å²) < 4.78 is 21.2. The fourth-order valence-electron chi connectivity index (χ4n) is 5.18. The molecule has 0 aromatic heterocycles. The number of nitrogens with two attached hydrogens (primary N) is 1. The second-order valence-electron chi connectivity index (χ2n) is 11.0. The number of amides is 1. The van der Waals surface area contributed by atoms with Crippen molar-refractivity contribution in [3.05, 3.63) is 69.5 Å². The van der Waals surface area contributed by atoms with Crippen molar-refractivity contribution in [1.82, 2.24) is 5.32 Å². The first-order valence-corrected chi connectivity index (χ1v) is 12.9. The second-order valence-corrected chi connectivity index (χ2v) is 11.8. The highest BCUT2D eigenvalue weighted by Gasteiger charge is 2.60. The Hall–Kier alpha value is -2.66. The molecule has 5 atom stereocenters. The number of halogens is 3. The molecule has 1 aliphatic heterocycles. The summed E-state index contributed by atoms with van der Waals surface area (Å²) in [4.78, 5) is 24.8. The molecule has 0 spiro atoms. The Morgan fingerprint density at radius 2 is 1.86 bits per heavy atom. The molecule has 198 valence electrons. The highest BCUT2D eigenvalue weighted by molar-refractivity contribution is 6.31. The molecule has 1 aliphatic rings. The lowest BCUT2D eigenvalue weighted by molar-refractivity contribution is -0.148. The summed E-state index contributed by atoms with van der Waals surface area (Å²) in [6, 6.07) is 12.3. The van der Waals surface area contributed by atoms with Gasteiger partial charge in [-0.25, -0.2) is 4.39 Å². The molecule has 3 N–H and O–H groups in total. The van der Waals surface area contributed by atoms with Crippen LogP contribution in [0.4, 0.5) is 4.39 Å². The Labute approximate surface area is 227 Å². The molecule has 9 heteroatoms. The van der Waals surface area contributed by atoms with Gasteiger partial charge in [0.15, 0.2) is 0 Å². The average Bonchev–Trinajstić information content (AvgIpc) is 3.12. The summed E-state index contributed by atoms with van der Waals surface area (Å²) in [7, 11) is 0. The molecule has 0 radical (unpaired) electrons. The van der Waals surface area contributed by atoms with Gasteiger partial charge in [-0.2, -0.15) is 5.26 Å². The van der Waals surface area contributed by atoms with Crippen LogP contribution in [0.5, 0.6) is 0 Å². The van der Waals surface area contributed by atoms with E-state index >= 15 is 4.39 Å². The number of nitrogens with zero attached hydrogens (tertiary/aromatic N) is 1. The molecule has 1 amide bonds. The molecule has 0 saturated carbocycles. The van der Waals surface area contributed by atoms with E-state index in [1.165, 1.54) is 6.07 Å². The quantitative estimate of drug-likeness (QED) is 0.424. The molecule has 6 nitrogen and oxygen atoms in total. The van der Waals surface area contributed by atoms with Crippen molar-refractivity contribution in [2.75, 3.05) is 6.61 Å². The minimum atomic E-state index is -1.36. The van der Waals surface area contributed by atoms with Crippen LogP contribution in [0.2, 0.25) is 10.0 Å². The predicted molar refractivity (Wildman–Crippen MR) is 142 cm³/mol. The lowest BCUT2D eigenvalue weighted by Crippen LogP contribution is -2.44. The number of esters is 1. The Balaban J connectivity index is 2.18. The number of nitrogens with one attached hydrogen (secondary N) is 1. The Morgan fingerprint density at radius 1 is 1.22 bits per heavy atom. The van der Waals surface area contributed by atoms with Crippen LogP contribution in [0.1, 0.15) is 57.6 Å². The van der Waals surface area contributed by atoms with Crippen LogP contribution in [-0.4, -0.2) is 30.6 Å². The summed E-state index contributed by atoms with van der Waals surface area (Å²) in [6.07, 6.45) is 0.557. The van der Waals surface area contributed by atoms with E-state index in [4.69, 9.17) is 33.7 Å². The standard InChI is InChI=1S/C28H32Cl2FN3O3/c1-16(12-22(33)35)14-37-26(36)25-23(19-6-5-7-20(30)24(19)31)28(15-32,17-8-10-18(29)11-9-17)21(34-25)13-27(2,3)4/h5-11,16,21,23,25,34H,12-14H2,1-4H3,(H2,33,35)/t16-,21+,23+,25-,28+/m1/s1. The van der Waals surface area contributed by atoms with Gasteiger partial charge in [-0.1, -0.05) is 75.2 Å². The minimum Gasteiger partial charge on any atom is -0.464 e. The molecule has 1 saturated heterocycles. The summed E-state index contributed by atoms with van der Waals surface area (Å²) in [6.45, 7) is 7.79. The zero-order chi connectivity index (χ0) is 27.5. The van der Waals surface area contributed by atoms with Crippen molar-refractivity contribution in [3.63, 3.8) is 0 Å². The third-order valence-electron chi connectivity index (χ3n) is 6.71. The summed E-state index contributed by atoms with van der Waals surface area (Å²) >= 11 is 12.3. The summed E-state index contributed by atoms with van der Waals surface area (Å²) in [5.41, 5.74) is 4.41. The third-order valence-corrected chi connectivity index (χ3v) is 7.25. The van der Waals surface area contributed by atoms with Gasteiger partial charge in [0.2, 0.25) is 5.91 Å². The first kappa shape index (κ1) is 28.9. The lowest BCUT2D eigenvalue weighted by Gasteiger charge is -2.37. The van der Waals surface area contributed by atoms with Crippen molar-refractivity contribution >= 4 is 35.1 Å². The number of hydrogen-bond donors (Lipinski definition) is 2. The molecule has 0 bridgehead atoms. The SMILES string of the molecule is C[C@@H](COC(=O)[C@@H]1N[C@@H](CC(C)(C)C)[C@](C#N)(c2ccc(Cl)cc2)[C@H]1c1cccc(Cl)c1F)CC(N)=O.